The first-order valence-corrected chi connectivity index (χ1v) is 9.21. The molecule has 0 aromatic heterocycles. The predicted molar refractivity (Wildman–Crippen MR) is 90.8 cm³/mol. The summed E-state index contributed by atoms with van der Waals surface area (Å²) in [5.74, 6) is 1.89. The lowest BCUT2D eigenvalue weighted by molar-refractivity contribution is 0.227. The Morgan fingerprint density at radius 1 is 1.14 bits per heavy atom. The Kier molecular flexibility index (Phi) is 5.23. The molecule has 2 aliphatic rings. The van der Waals surface area contributed by atoms with Gasteiger partial charge in [-0.3, -0.25) is 0 Å². The van der Waals surface area contributed by atoms with Crippen LogP contribution < -0.4 is 10.1 Å². The molecular weight excluding hydrogens is 326 g/mol. The van der Waals surface area contributed by atoms with Crippen LogP contribution in [0.3, 0.4) is 0 Å². The second-order valence-electron chi connectivity index (χ2n) is 6.58. The largest absolute Gasteiger partial charge is 0.493 e. The van der Waals surface area contributed by atoms with Gasteiger partial charge in [-0.15, -0.1) is 0 Å². The molecular formula is C18H26BrNO. The second-order valence-corrected chi connectivity index (χ2v) is 7.49. The number of nitrogens with one attached hydrogen (secondary N) is 1. The molecule has 116 valence electrons. The molecule has 0 saturated heterocycles. The molecule has 2 nitrogen and oxygen atoms in total. The Balaban J connectivity index is 1.69. The highest BCUT2D eigenvalue weighted by Crippen LogP contribution is 2.35. The Bertz CT molecular complexity index is 468. The molecule has 3 heteroatoms. The second kappa shape index (κ2) is 7.15. The van der Waals surface area contributed by atoms with E-state index in [1.807, 2.05) is 0 Å². The zero-order valence-electron chi connectivity index (χ0n) is 12.9. The fraction of sp³-hybridized carbons (Fsp3) is 0.667. The lowest BCUT2D eigenvalue weighted by Crippen LogP contribution is -2.38. The fourth-order valence-electron chi connectivity index (χ4n) is 3.80. The van der Waals surface area contributed by atoms with E-state index in [0.29, 0.717) is 12.1 Å². The maximum atomic E-state index is 5.79. The molecule has 0 radical (unpaired) electrons. The van der Waals surface area contributed by atoms with Crippen molar-refractivity contribution < 1.29 is 4.74 Å². The first-order valence-electron chi connectivity index (χ1n) is 8.42. The predicted octanol–water partition coefficient (Wildman–Crippen LogP) is 5.22. The van der Waals surface area contributed by atoms with Crippen molar-refractivity contribution in [2.75, 3.05) is 6.61 Å². The summed E-state index contributed by atoms with van der Waals surface area (Å²) < 4.78 is 6.93. The fourth-order valence-corrected chi connectivity index (χ4v) is 4.18. The van der Waals surface area contributed by atoms with Crippen LogP contribution in [0.15, 0.2) is 22.7 Å². The van der Waals surface area contributed by atoms with Crippen molar-refractivity contribution >= 4 is 15.9 Å². The molecule has 1 fully saturated rings. The van der Waals surface area contributed by atoms with Crippen LogP contribution in [0.1, 0.15) is 63.5 Å². The molecule has 2 atom stereocenters. The summed E-state index contributed by atoms with van der Waals surface area (Å²) in [4.78, 5) is 0. The van der Waals surface area contributed by atoms with E-state index in [-0.39, 0.29) is 0 Å². The zero-order valence-corrected chi connectivity index (χ0v) is 14.5. The Hall–Kier alpha value is -0.540. The van der Waals surface area contributed by atoms with E-state index in [0.717, 1.165) is 29.2 Å². The standard InChI is InChI=1S/C18H26BrNO/c1-13(14-6-4-2-3-5-7-14)20-17-10-11-21-18-9-8-15(19)12-16(17)18/h8-9,12-14,17,20H,2-7,10-11H2,1H3/t13-,17?/m0/s1. The van der Waals surface area contributed by atoms with Crippen molar-refractivity contribution in [3.8, 4) is 5.75 Å². The van der Waals surface area contributed by atoms with Gasteiger partial charge in [-0.2, -0.15) is 0 Å². The first-order chi connectivity index (χ1) is 10.2. The molecule has 0 spiro atoms. The van der Waals surface area contributed by atoms with Gasteiger partial charge in [-0.05, 0) is 43.9 Å². The van der Waals surface area contributed by atoms with Crippen LogP contribution in [0.2, 0.25) is 0 Å². The minimum absolute atomic E-state index is 0.435. The topological polar surface area (TPSA) is 21.3 Å². The molecule has 1 heterocycles. The van der Waals surface area contributed by atoms with E-state index in [1.54, 1.807) is 0 Å². The third-order valence-corrected chi connectivity index (χ3v) is 5.58. The van der Waals surface area contributed by atoms with Crippen molar-refractivity contribution in [3.63, 3.8) is 0 Å². The molecule has 3 rings (SSSR count). The first kappa shape index (κ1) is 15.4. The molecule has 0 amide bonds. The summed E-state index contributed by atoms with van der Waals surface area (Å²) in [6.07, 6.45) is 9.53. The van der Waals surface area contributed by atoms with Crippen molar-refractivity contribution in [2.24, 2.45) is 5.92 Å². The monoisotopic (exact) mass is 351 g/mol. The average Bonchev–Trinajstić information content (AvgIpc) is 2.77. The van der Waals surface area contributed by atoms with E-state index >= 15 is 0 Å². The highest BCUT2D eigenvalue weighted by atomic mass is 79.9. The number of hydrogen-bond donors (Lipinski definition) is 1. The van der Waals surface area contributed by atoms with Gasteiger partial charge in [0.05, 0.1) is 6.61 Å². The van der Waals surface area contributed by atoms with E-state index in [9.17, 15) is 0 Å². The summed E-state index contributed by atoms with van der Waals surface area (Å²) in [7, 11) is 0. The summed E-state index contributed by atoms with van der Waals surface area (Å²) in [5.41, 5.74) is 1.32. The Labute approximate surface area is 136 Å². The van der Waals surface area contributed by atoms with Gasteiger partial charge in [0, 0.05) is 28.5 Å². The lowest BCUT2D eigenvalue weighted by Gasteiger charge is -2.32. The van der Waals surface area contributed by atoms with Crippen LogP contribution in [-0.2, 0) is 0 Å². The molecule has 1 aromatic rings. The number of benzene rings is 1. The SMILES string of the molecule is C[C@H](NC1CCOc2ccc(Br)cc21)C1CCCCCC1. The number of hydrogen-bond acceptors (Lipinski definition) is 2. The quantitative estimate of drug-likeness (QED) is 0.753. The summed E-state index contributed by atoms with van der Waals surface area (Å²) >= 11 is 3.59. The van der Waals surface area contributed by atoms with E-state index in [4.69, 9.17) is 4.74 Å². The maximum absolute atomic E-state index is 5.79. The molecule has 1 unspecified atom stereocenters. The molecule has 1 N–H and O–H groups in total. The summed E-state index contributed by atoms with van der Waals surface area (Å²) in [6, 6.07) is 7.40. The van der Waals surface area contributed by atoms with Crippen molar-refractivity contribution in [2.45, 2.75) is 64.0 Å². The van der Waals surface area contributed by atoms with Gasteiger partial charge in [0.2, 0.25) is 0 Å². The number of fused-ring (bicyclic) bond motifs is 1. The highest BCUT2D eigenvalue weighted by molar-refractivity contribution is 9.10. The smallest absolute Gasteiger partial charge is 0.124 e. The zero-order chi connectivity index (χ0) is 14.7. The minimum atomic E-state index is 0.435. The Morgan fingerprint density at radius 2 is 1.90 bits per heavy atom. The van der Waals surface area contributed by atoms with Crippen molar-refractivity contribution in [1.82, 2.24) is 5.32 Å². The lowest BCUT2D eigenvalue weighted by atomic mass is 9.91. The maximum Gasteiger partial charge on any atom is 0.124 e. The summed E-state index contributed by atoms with van der Waals surface area (Å²) in [6.45, 7) is 3.20. The number of ether oxygens (including phenoxy) is 1. The van der Waals surface area contributed by atoms with Gasteiger partial charge >= 0.3 is 0 Å². The van der Waals surface area contributed by atoms with E-state index in [1.165, 1.54) is 44.1 Å². The molecule has 1 aromatic carbocycles. The highest BCUT2D eigenvalue weighted by Gasteiger charge is 2.26. The van der Waals surface area contributed by atoms with Crippen molar-refractivity contribution in [1.29, 1.82) is 0 Å². The molecule has 0 bridgehead atoms. The number of halogens is 1. The normalized spacial score (nSPS) is 24.8. The van der Waals surface area contributed by atoms with Gasteiger partial charge in [-0.1, -0.05) is 41.6 Å². The molecule has 1 saturated carbocycles. The molecule has 1 aliphatic carbocycles. The van der Waals surface area contributed by atoms with Gasteiger partial charge in [0.25, 0.3) is 0 Å². The van der Waals surface area contributed by atoms with Gasteiger partial charge in [-0.25, -0.2) is 0 Å². The Morgan fingerprint density at radius 3 is 2.67 bits per heavy atom. The average molecular weight is 352 g/mol. The van der Waals surface area contributed by atoms with Gasteiger partial charge in [0.15, 0.2) is 0 Å². The van der Waals surface area contributed by atoms with Crippen molar-refractivity contribution in [3.05, 3.63) is 28.2 Å². The van der Waals surface area contributed by atoms with E-state index in [2.05, 4.69) is 46.4 Å². The van der Waals surface area contributed by atoms with Crippen LogP contribution in [0.4, 0.5) is 0 Å². The van der Waals surface area contributed by atoms with Gasteiger partial charge in [0.1, 0.15) is 5.75 Å². The van der Waals surface area contributed by atoms with Gasteiger partial charge < -0.3 is 10.1 Å². The molecule has 21 heavy (non-hydrogen) atoms. The summed E-state index contributed by atoms with van der Waals surface area (Å²) in [5, 5.41) is 3.90. The third-order valence-electron chi connectivity index (χ3n) is 5.08. The minimum Gasteiger partial charge on any atom is -0.493 e. The van der Waals surface area contributed by atoms with Crippen LogP contribution in [0.25, 0.3) is 0 Å². The van der Waals surface area contributed by atoms with E-state index < -0.39 is 0 Å². The van der Waals surface area contributed by atoms with Crippen LogP contribution in [0.5, 0.6) is 5.75 Å². The van der Waals surface area contributed by atoms with Crippen LogP contribution in [-0.4, -0.2) is 12.6 Å². The third kappa shape index (κ3) is 3.81. The molecule has 1 aliphatic heterocycles. The van der Waals surface area contributed by atoms with Crippen LogP contribution >= 0.6 is 15.9 Å². The number of rotatable bonds is 3. The van der Waals surface area contributed by atoms with Crippen LogP contribution in [0, 0.1) is 5.92 Å².